The minimum absolute atomic E-state index is 0.0374. The first-order valence-electron chi connectivity index (χ1n) is 10.2. The van der Waals surface area contributed by atoms with Gasteiger partial charge in [0.15, 0.2) is 11.5 Å². The van der Waals surface area contributed by atoms with Crippen LogP contribution in [0.3, 0.4) is 0 Å². The molecule has 32 heavy (non-hydrogen) atoms. The number of nitrogens with zero attached hydrogens (tertiary/aromatic N) is 1. The normalized spacial score (nSPS) is 17.5. The summed E-state index contributed by atoms with van der Waals surface area (Å²) in [5, 5.41) is 11.2. The van der Waals surface area contributed by atoms with Crippen molar-refractivity contribution in [1.29, 1.82) is 0 Å². The van der Waals surface area contributed by atoms with Crippen molar-refractivity contribution in [2.75, 3.05) is 27.9 Å². The van der Waals surface area contributed by atoms with E-state index in [0.29, 0.717) is 39.4 Å². The van der Waals surface area contributed by atoms with Gasteiger partial charge in [-0.05, 0) is 58.2 Å². The number of unbranched alkanes of at least 4 members (excludes halogenated alkanes) is 1. The van der Waals surface area contributed by atoms with Crippen LogP contribution in [0.4, 0.5) is 0 Å². The molecule has 8 heteroatoms. The quantitative estimate of drug-likeness (QED) is 0.319. The Morgan fingerprint density at radius 2 is 1.66 bits per heavy atom. The number of ketones is 1. The van der Waals surface area contributed by atoms with Crippen LogP contribution in [0.1, 0.15) is 36.9 Å². The van der Waals surface area contributed by atoms with Crippen molar-refractivity contribution in [3.8, 4) is 17.2 Å². The molecule has 3 rings (SSSR count). The van der Waals surface area contributed by atoms with Crippen LogP contribution in [-0.2, 0) is 9.59 Å². The molecule has 0 aliphatic carbocycles. The molecule has 2 aromatic rings. The predicted molar refractivity (Wildman–Crippen MR) is 124 cm³/mol. The molecule has 0 radical (unpaired) electrons. The van der Waals surface area contributed by atoms with Crippen molar-refractivity contribution >= 4 is 33.4 Å². The van der Waals surface area contributed by atoms with Gasteiger partial charge >= 0.3 is 0 Å². The lowest BCUT2D eigenvalue weighted by molar-refractivity contribution is -0.139. The molecule has 1 saturated heterocycles. The Balaban J connectivity index is 2.20. The van der Waals surface area contributed by atoms with Crippen molar-refractivity contribution in [1.82, 2.24) is 4.90 Å². The Labute approximate surface area is 195 Å². The summed E-state index contributed by atoms with van der Waals surface area (Å²) in [7, 11) is 4.59. The average Bonchev–Trinajstić information content (AvgIpc) is 3.06. The number of carbonyl (C=O) groups excluding carboxylic acids is 2. The number of carbonyl (C=O) groups is 2. The number of aliphatic hydroxyl groups excluding tert-OH is 1. The fourth-order valence-corrected chi connectivity index (χ4v) is 4.32. The third-order valence-electron chi connectivity index (χ3n) is 5.44. The molecule has 1 fully saturated rings. The lowest BCUT2D eigenvalue weighted by Gasteiger charge is -2.26. The smallest absolute Gasteiger partial charge is 0.295 e. The number of hydrogen-bond acceptors (Lipinski definition) is 6. The van der Waals surface area contributed by atoms with Gasteiger partial charge in [-0.15, -0.1) is 0 Å². The maximum atomic E-state index is 13.1. The number of halogens is 1. The highest BCUT2D eigenvalue weighted by Gasteiger charge is 2.46. The topological polar surface area (TPSA) is 85.3 Å². The second kappa shape index (κ2) is 10.1. The highest BCUT2D eigenvalue weighted by molar-refractivity contribution is 9.10. The molecular formula is C24H26BrNO6. The Kier molecular flexibility index (Phi) is 7.45. The van der Waals surface area contributed by atoms with Crippen molar-refractivity contribution in [3.05, 3.63) is 57.6 Å². The van der Waals surface area contributed by atoms with Crippen LogP contribution in [-0.4, -0.2) is 49.6 Å². The van der Waals surface area contributed by atoms with Crippen molar-refractivity contribution in [2.24, 2.45) is 0 Å². The van der Waals surface area contributed by atoms with Gasteiger partial charge in [-0.3, -0.25) is 9.59 Å². The zero-order chi connectivity index (χ0) is 23.4. The first kappa shape index (κ1) is 23.7. The second-order valence-corrected chi connectivity index (χ2v) is 8.16. The van der Waals surface area contributed by atoms with Gasteiger partial charge in [0.05, 0.1) is 37.4 Å². The van der Waals surface area contributed by atoms with Crippen LogP contribution in [0.5, 0.6) is 17.2 Å². The zero-order valence-electron chi connectivity index (χ0n) is 18.5. The van der Waals surface area contributed by atoms with E-state index >= 15 is 0 Å². The summed E-state index contributed by atoms with van der Waals surface area (Å²) >= 11 is 3.40. The Bertz CT molecular complexity index is 1060. The molecule has 0 bridgehead atoms. The molecule has 1 heterocycles. The number of amides is 1. The first-order valence-corrected chi connectivity index (χ1v) is 11.0. The lowest BCUT2D eigenvalue weighted by Crippen LogP contribution is -2.30. The molecular weight excluding hydrogens is 478 g/mol. The van der Waals surface area contributed by atoms with Gasteiger partial charge in [0.25, 0.3) is 11.7 Å². The lowest BCUT2D eigenvalue weighted by atomic mass is 9.95. The van der Waals surface area contributed by atoms with Gasteiger partial charge in [0, 0.05) is 12.1 Å². The molecule has 1 unspecified atom stereocenters. The third-order valence-corrected chi connectivity index (χ3v) is 6.06. The fourth-order valence-electron chi connectivity index (χ4n) is 3.78. The van der Waals surface area contributed by atoms with E-state index in [1.165, 1.54) is 26.2 Å². The standard InChI is InChI=1S/C24H26BrNO6/c1-5-6-11-26-21(14-7-10-18(31-3)19(13-14)32-4)20(23(28)24(26)29)22(27)15-8-9-17(30-2)16(25)12-15/h7-10,12-13,21,27H,5-6,11H2,1-4H3/b22-20-. The summed E-state index contributed by atoms with van der Waals surface area (Å²) in [6.07, 6.45) is 1.58. The molecule has 0 saturated carbocycles. The Morgan fingerprint density at radius 1 is 1.00 bits per heavy atom. The van der Waals surface area contributed by atoms with Crippen LogP contribution in [0.25, 0.3) is 5.76 Å². The number of hydrogen-bond donors (Lipinski definition) is 1. The van der Waals surface area contributed by atoms with E-state index in [-0.39, 0.29) is 11.3 Å². The van der Waals surface area contributed by atoms with E-state index in [4.69, 9.17) is 14.2 Å². The molecule has 1 aliphatic rings. The predicted octanol–water partition coefficient (Wildman–Crippen LogP) is 4.70. The van der Waals surface area contributed by atoms with Gasteiger partial charge in [-0.1, -0.05) is 19.4 Å². The molecule has 0 aromatic heterocycles. The van der Waals surface area contributed by atoms with Crippen LogP contribution in [0, 0.1) is 0 Å². The van der Waals surface area contributed by atoms with Gasteiger partial charge < -0.3 is 24.2 Å². The Hall–Kier alpha value is -3.00. The maximum absolute atomic E-state index is 13.1. The molecule has 170 valence electrons. The number of methoxy groups -OCH3 is 3. The van der Waals surface area contributed by atoms with Gasteiger partial charge in [-0.2, -0.15) is 0 Å². The molecule has 7 nitrogen and oxygen atoms in total. The largest absolute Gasteiger partial charge is 0.507 e. The number of benzene rings is 2. The summed E-state index contributed by atoms with van der Waals surface area (Å²) in [5.41, 5.74) is 1.08. The minimum Gasteiger partial charge on any atom is -0.507 e. The number of aliphatic hydroxyl groups is 1. The fraction of sp³-hybridized carbons (Fsp3) is 0.333. The number of rotatable bonds is 8. The molecule has 1 aliphatic heterocycles. The van der Waals surface area contributed by atoms with E-state index in [1.807, 2.05) is 6.92 Å². The zero-order valence-corrected chi connectivity index (χ0v) is 20.1. The van der Waals surface area contributed by atoms with E-state index < -0.39 is 17.7 Å². The summed E-state index contributed by atoms with van der Waals surface area (Å²) < 4.78 is 16.6. The SMILES string of the molecule is CCCCN1C(=O)C(=O)/C(=C(\O)c2ccc(OC)c(Br)c2)C1c1ccc(OC)c(OC)c1. The summed E-state index contributed by atoms with van der Waals surface area (Å²) in [6.45, 7) is 2.40. The minimum atomic E-state index is -0.748. The number of Topliss-reactive ketones (excluding diaryl/α,β-unsaturated/α-hetero) is 1. The summed E-state index contributed by atoms with van der Waals surface area (Å²) in [4.78, 5) is 27.5. The Morgan fingerprint density at radius 3 is 2.25 bits per heavy atom. The molecule has 0 spiro atoms. The highest BCUT2D eigenvalue weighted by Crippen LogP contribution is 2.42. The molecule has 1 amide bonds. The average molecular weight is 504 g/mol. The van der Waals surface area contributed by atoms with E-state index in [9.17, 15) is 14.7 Å². The van der Waals surface area contributed by atoms with Crippen molar-refractivity contribution < 1.29 is 28.9 Å². The van der Waals surface area contributed by atoms with E-state index in [1.54, 1.807) is 36.4 Å². The van der Waals surface area contributed by atoms with Crippen LogP contribution < -0.4 is 14.2 Å². The van der Waals surface area contributed by atoms with Gasteiger partial charge in [0.1, 0.15) is 11.5 Å². The van der Waals surface area contributed by atoms with Crippen LogP contribution in [0.2, 0.25) is 0 Å². The third kappa shape index (κ3) is 4.32. The maximum Gasteiger partial charge on any atom is 0.295 e. The molecule has 2 aromatic carbocycles. The molecule has 1 N–H and O–H groups in total. The van der Waals surface area contributed by atoms with E-state index in [0.717, 1.165) is 12.8 Å². The van der Waals surface area contributed by atoms with Crippen LogP contribution in [0.15, 0.2) is 46.4 Å². The summed E-state index contributed by atoms with van der Waals surface area (Å²) in [6, 6.07) is 9.45. The number of likely N-dealkylation sites (tertiary alicyclic amines) is 1. The van der Waals surface area contributed by atoms with Crippen LogP contribution >= 0.6 is 15.9 Å². The van der Waals surface area contributed by atoms with Gasteiger partial charge in [0.2, 0.25) is 0 Å². The monoisotopic (exact) mass is 503 g/mol. The second-order valence-electron chi connectivity index (χ2n) is 7.31. The summed E-state index contributed by atoms with van der Waals surface area (Å²) in [5.74, 6) is -0.0105. The van der Waals surface area contributed by atoms with Gasteiger partial charge in [-0.25, -0.2) is 0 Å². The van der Waals surface area contributed by atoms with Crippen molar-refractivity contribution in [3.63, 3.8) is 0 Å². The first-order chi connectivity index (χ1) is 15.4. The van der Waals surface area contributed by atoms with E-state index in [2.05, 4.69) is 15.9 Å². The van der Waals surface area contributed by atoms with Crippen molar-refractivity contribution in [2.45, 2.75) is 25.8 Å². The number of ether oxygens (including phenoxy) is 3. The highest BCUT2D eigenvalue weighted by atomic mass is 79.9. The molecule has 1 atom stereocenters.